The van der Waals surface area contributed by atoms with E-state index < -0.39 is 9.84 Å². The quantitative estimate of drug-likeness (QED) is 0.822. The number of carbonyl (C=O) groups excluding carboxylic acids is 1. The summed E-state index contributed by atoms with van der Waals surface area (Å²) in [6, 6.07) is 1.88. The van der Waals surface area contributed by atoms with Gasteiger partial charge < -0.3 is 4.90 Å². The summed E-state index contributed by atoms with van der Waals surface area (Å²) in [5, 5.41) is 0. The van der Waals surface area contributed by atoms with Crippen LogP contribution in [0.4, 0.5) is 0 Å². The van der Waals surface area contributed by atoms with Crippen molar-refractivity contribution in [2.75, 3.05) is 18.6 Å². The van der Waals surface area contributed by atoms with E-state index in [1.165, 1.54) is 0 Å². The summed E-state index contributed by atoms with van der Waals surface area (Å²) in [5.74, 6) is -0.341. The molecule has 2 rings (SSSR count). The van der Waals surface area contributed by atoms with E-state index in [0.717, 1.165) is 11.1 Å². The third-order valence-electron chi connectivity index (χ3n) is 3.50. The largest absolute Gasteiger partial charge is 0.341 e. The van der Waals surface area contributed by atoms with Crippen LogP contribution in [0.2, 0.25) is 0 Å². The van der Waals surface area contributed by atoms with Gasteiger partial charge in [0.05, 0.1) is 17.4 Å². The average Bonchev–Trinajstić information content (AvgIpc) is 2.71. The van der Waals surface area contributed by atoms with Gasteiger partial charge >= 0.3 is 0 Å². The number of pyridine rings is 1. The number of sulfone groups is 1. The second kappa shape index (κ2) is 5.28. The molecule has 6 heteroatoms. The van der Waals surface area contributed by atoms with Crippen molar-refractivity contribution in [1.29, 1.82) is 0 Å². The Labute approximate surface area is 113 Å². The predicted molar refractivity (Wildman–Crippen MR) is 72.2 cm³/mol. The zero-order valence-electron chi connectivity index (χ0n) is 11.2. The molecule has 1 saturated heterocycles. The number of rotatable bonds is 3. The molecule has 1 amide bonds. The van der Waals surface area contributed by atoms with Crippen LogP contribution in [0, 0.1) is 12.8 Å². The van der Waals surface area contributed by atoms with E-state index in [1.54, 1.807) is 24.3 Å². The molecule has 0 bridgehead atoms. The maximum absolute atomic E-state index is 12.2. The molecule has 1 atom stereocenters. The summed E-state index contributed by atoms with van der Waals surface area (Å²) in [7, 11) is -1.30. The molecular formula is C13H18N2O3S. The number of hydrogen-bond acceptors (Lipinski definition) is 4. The van der Waals surface area contributed by atoms with Gasteiger partial charge in [-0.05, 0) is 30.5 Å². The van der Waals surface area contributed by atoms with E-state index >= 15 is 0 Å². The van der Waals surface area contributed by atoms with Crippen LogP contribution in [-0.4, -0.2) is 42.8 Å². The van der Waals surface area contributed by atoms with Gasteiger partial charge in [-0.25, -0.2) is 8.42 Å². The van der Waals surface area contributed by atoms with Crippen molar-refractivity contribution < 1.29 is 13.2 Å². The Kier molecular flexibility index (Phi) is 3.89. The van der Waals surface area contributed by atoms with Crippen molar-refractivity contribution in [3.05, 3.63) is 29.6 Å². The summed E-state index contributed by atoms with van der Waals surface area (Å²) in [4.78, 5) is 17.8. The van der Waals surface area contributed by atoms with Crippen LogP contribution in [-0.2, 0) is 21.2 Å². The van der Waals surface area contributed by atoms with Gasteiger partial charge in [-0.3, -0.25) is 9.78 Å². The zero-order valence-corrected chi connectivity index (χ0v) is 12.0. The topological polar surface area (TPSA) is 67.3 Å². The van der Waals surface area contributed by atoms with Gasteiger partial charge in [0.1, 0.15) is 0 Å². The summed E-state index contributed by atoms with van der Waals surface area (Å²) in [6.07, 6.45) is 3.90. The van der Waals surface area contributed by atoms with Crippen LogP contribution in [0.5, 0.6) is 0 Å². The minimum Gasteiger partial charge on any atom is -0.341 e. The lowest BCUT2D eigenvalue weighted by molar-refractivity contribution is -0.133. The molecule has 1 fully saturated rings. The number of carbonyl (C=O) groups is 1. The molecule has 1 aliphatic heterocycles. The van der Waals surface area contributed by atoms with E-state index in [4.69, 9.17) is 0 Å². The summed E-state index contributed by atoms with van der Waals surface area (Å²) < 4.78 is 22.8. The third-order valence-corrected chi connectivity index (χ3v) is 5.27. The Hall–Kier alpha value is -1.43. The van der Waals surface area contributed by atoms with Crippen LogP contribution in [0.1, 0.15) is 17.5 Å². The SMILES string of the molecule is Cc1cnccc1CN(C)C(=O)C1CCS(=O)(=O)C1. The van der Waals surface area contributed by atoms with Crippen molar-refractivity contribution in [2.45, 2.75) is 19.9 Å². The van der Waals surface area contributed by atoms with Gasteiger partial charge in [-0.1, -0.05) is 0 Å². The molecule has 0 N–H and O–H groups in total. The van der Waals surface area contributed by atoms with Gasteiger partial charge in [0.15, 0.2) is 9.84 Å². The van der Waals surface area contributed by atoms with Crippen molar-refractivity contribution in [3.63, 3.8) is 0 Å². The molecule has 0 radical (unpaired) electrons. The molecule has 5 nitrogen and oxygen atoms in total. The first-order valence-corrected chi connectivity index (χ1v) is 8.06. The Balaban J connectivity index is 2.03. The highest BCUT2D eigenvalue weighted by molar-refractivity contribution is 7.91. The highest BCUT2D eigenvalue weighted by atomic mass is 32.2. The predicted octanol–water partition coefficient (Wildman–Crippen LogP) is 0.783. The van der Waals surface area contributed by atoms with Crippen molar-refractivity contribution in [1.82, 2.24) is 9.88 Å². The summed E-state index contributed by atoms with van der Waals surface area (Å²) in [5.41, 5.74) is 2.06. The fourth-order valence-electron chi connectivity index (χ4n) is 2.31. The molecule has 0 saturated carbocycles. The lowest BCUT2D eigenvalue weighted by Gasteiger charge is -2.21. The molecule has 0 aliphatic carbocycles. The molecule has 19 heavy (non-hydrogen) atoms. The molecule has 2 heterocycles. The Morgan fingerprint density at radius 3 is 2.84 bits per heavy atom. The second-order valence-corrected chi connectivity index (χ2v) is 7.33. The van der Waals surface area contributed by atoms with Crippen molar-refractivity contribution in [3.8, 4) is 0 Å². The number of nitrogens with zero attached hydrogens (tertiary/aromatic N) is 2. The standard InChI is InChI=1S/C13H18N2O3S/c1-10-7-14-5-3-11(10)8-15(2)13(16)12-4-6-19(17,18)9-12/h3,5,7,12H,4,6,8-9H2,1-2H3. The van der Waals surface area contributed by atoms with Crippen LogP contribution in [0.15, 0.2) is 18.5 Å². The Morgan fingerprint density at radius 2 is 2.26 bits per heavy atom. The van der Waals surface area contributed by atoms with Gasteiger partial charge in [0.25, 0.3) is 0 Å². The molecule has 104 valence electrons. The molecule has 0 spiro atoms. The minimum atomic E-state index is -3.01. The van der Waals surface area contributed by atoms with Crippen LogP contribution in [0.25, 0.3) is 0 Å². The smallest absolute Gasteiger partial charge is 0.226 e. The van der Waals surface area contributed by atoms with E-state index in [-0.39, 0.29) is 23.3 Å². The van der Waals surface area contributed by atoms with E-state index in [1.807, 2.05) is 13.0 Å². The van der Waals surface area contributed by atoms with Crippen molar-refractivity contribution >= 4 is 15.7 Å². The average molecular weight is 282 g/mol. The fraction of sp³-hybridized carbons (Fsp3) is 0.538. The number of hydrogen-bond donors (Lipinski definition) is 0. The third kappa shape index (κ3) is 3.32. The lowest BCUT2D eigenvalue weighted by Crippen LogP contribution is -2.33. The van der Waals surface area contributed by atoms with Gasteiger partial charge in [0.2, 0.25) is 5.91 Å². The first-order chi connectivity index (χ1) is 8.89. The molecule has 1 aliphatic rings. The van der Waals surface area contributed by atoms with Crippen molar-refractivity contribution in [2.24, 2.45) is 5.92 Å². The number of aryl methyl sites for hydroxylation is 1. The normalized spacial score (nSPS) is 21.3. The number of amides is 1. The van der Waals surface area contributed by atoms with Gasteiger partial charge in [0, 0.05) is 26.0 Å². The molecule has 0 aromatic carbocycles. The van der Waals surface area contributed by atoms with Crippen LogP contribution in [0.3, 0.4) is 0 Å². The summed E-state index contributed by atoms with van der Waals surface area (Å²) >= 11 is 0. The maximum atomic E-state index is 12.2. The fourth-order valence-corrected chi connectivity index (χ4v) is 4.05. The second-order valence-electron chi connectivity index (χ2n) is 5.10. The first-order valence-electron chi connectivity index (χ1n) is 6.24. The molecular weight excluding hydrogens is 264 g/mol. The maximum Gasteiger partial charge on any atom is 0.226 e. The first kappa shape index (κ1) is 14.0. The summed E-state index contributed by atoms with van der Waals surface area (Å²) in [6.45, 7) is 2.43. The lowest BCUT2D eigenvalue weighted by atomic mass is 10.1. The number of aromatic nitrogens is 1. The van der Waals surface area contributed by atoms with E-state index in [0.29, 0.717) is 13.0 Å². The van der Waals surface area contributed by atoms with Crippen LogP contribution < -0.4 is 0 Å². The molecule has 1 aromatic rings. The highest BCUT2D eigenvalue weighted by Crippen LogP contribution is 2.21. The Morgan fingerprint density at radius 1 is 1.53 bits per heavy atom. The van der Waals surface area contributed by atoms with E-state index in [2.05, 4.69) is 4.98 Å². The highest BCUT2D eigenvalue weighted by Gasteiger charge is 2.34. The van der Waals surface area contributed by atoms with Gasteiger partial charge in [-0.2, -0.15) is 0 Å². The Bertz CT molecular complexity index is 583. The van der Waals surface area contributed by atoms with Crippen LogP contribution >= 0.6 is 0 Å². The molecule has 1 unspecified atom stereocenters. The molecule has 1 aromatic heterocycles. The zero-order chi connectivity index (χ0) is 14.0. The van der Waals surface area contributed by atoms with Gasteiger partial charge in [-0.15, -0.1) is 0 Å². The monoisotopic (exact) mass is 282 g/mol. The minimum absolute atomic E-state index is 0.00843. The van der Waals surface area contributed by atoms with E-state index in [9.17, 15) is 13.2 Å².